The molecule has 0 aliphatic heterocycles. The summed E-state index contributed by atoms with van der Waals surface area (Å²) in [5.74, 6) is -3.15. The standard InChI is InChI=1S/C9H17NO4.C6H14N2.Pt/c1-3-10(4-2)6-5-7(8(11)12)9(13)14;7-3-5-1-2-6(5)4-8;/h7H,3-6H2,1-2H3,(H,11,12)(H,13,14);5-6H,1-4,7-8H2;/q;;+2/p-2. The molecule has 2 unspecified atom stereocenters. The summed E-state index contributed by atoms with van der Waals surface area (Å²) in [5.41, 5.74) is 10.9. The number of carbonyl (C=O) groups excluding carboxylic acids is 2. The van der Waals surface area contributed by atoms with Gasteiger partial charge in [-0.2, -0.15) is 0 Å². The van der Waals surface area contributed by atoms with Crippen molar-refractivity contribution in [3.63, 3.8) is 0 Å². The molecule has 138 valence electrons. The molecule has 0 bridgehead atoms. The molecule has 1 fully saturated rings. The molecular weight excluding hydrogens is 481 g/mol. The Morgan fingerprint density at radius 3 is 1.65 bits per heavy atom. The average molecular weight is 510 g/mol. The van der Waals surface area contributed by atoms with Gasteiger partial charge in [-0.15, -0.1) is 0 Å². The van der Waals surface area contributed by atoms with Gasteiger partial charge in [-0.25, -0.2) is 0 Å². The zero-order chi connectivity index (χ0) is 17.1. The van der Waals surface area contributed by atoms with Crippen LogP contribution in [0.5, 0.6) is 0 Å². The Morgan fingerprint density at radius 1 is 1.04 bits per heavy atom. The first-order valence-corrected chi connectivity index (χ1v) is 7.95. The Labute approximate surface area is 153 Å². The number of hydrogen-bond acceptors (Lipinski definition) is 7. The van der Waals surface area contributed by atoms with Crippen LogP contribution >= 0.6 is 0 Å². The van der Waals surface area contributed by atoms with Crippen molar-refractivity contribution in [2.45, 2.75) is 33.1 Å². The largest absolute Gasteiger partial charge is 2.00 e. The fourth-order valence-electron chi connectivity index (χ4n) is 2.44. The number of hydrogen-bond donors (Lipinski definition) is 2. The van der Waals surface area contributed by atoms with E-state index in [0.717, 1.165) is 38.0 Å². The van der Waals surface area contributed by atoms with E-state index in [1.807, 2.05) is 18.7 Å². The zero-order valence-corrected chi connectivity index (χ0v) is 16.2. The number of carboxylic acids is 2. The van der Waals surface area contributed by atoms with Crippen LogP contribution in [0.3, 0.4) is 0 Å². The van der Waals surface area contributed by atoms with E-state index in [-0.39, 0.29) is 27.5 Å². The molecular formula is C15H29N3O4Pt. The maximum Gasteiger partial charge on any atom is 2.00 e. The monoisotopic (exact) mass is 510 g/mol. The van der Waals surface area contributed by atoms with Crippen molar-refractivity contribution in [1.29, 1.82) is 0 Å². The summed E-state index contributed by atoms with van der Waals surface area (Å²) in [6.07, 6.45) is 2.64. The minimum Gasteiger partial charge on any atom is -0.549 e. The first kappa shape index (κ1) is 24.8. The van der Waals surface area contributed by atoms with Crippen molar-refractivity contribution in [2.75, 3.05) is 32.7 Å². The van der Waals surface area contributed by atoms with Gasteiger partial charge in [0.2, 0.25) is 0 Å². The van der Waals surface area contributed by atoms with Crippen molar-refractivity contribution in [3.8, 4) is 0 Å². The fourth-order valence-corrected chi connectivity index (χ4v) is 2.44. The molecule has 0 aromatic rings. The number of nitrogens with two attached hydrogens (primary N) is 2. The van der Waals surface area contributed by atoms with Crippen molar-refractivity contribution in [3.05, 3.63) is 0 Å². The van der Waals surface area contributed by atoms with E-state index < -0.39 is 17.9 Å². The van der Waals surface area contributed by atoms with Gasteiger partial charge in [0.15, 0.2) is 0 Å². The Kier molecular flexibility index (Phi) is 15.0. The molecule has 8 heteroatoms. The van der Waals surface area contributed by atoms with Crippen LogP contribution in [0, 0.1) is 17.8 Å². The third kappa shape index (κ3) is 9.40. The van der Waals surface area contributed by atoms with Gasteiger partial charge in [-0.05, 0) is 63.8 Å². The summed E-state index contributed by atoms with van der Waals surface area (Å²) in [6, 6.07) is 0. The van der Waals surface area contributed by atoms with Crippen molar-refractivity contribution in [2.24, 2.45) is 29.2 Å². The smallest absolute Gasteiger partial charge is 0.549 e. The van der Waals surface area contributed by atoms with Crippen LogP contribution in [0.1, 0.15) is 33.1 Å². The van der Waals surface area contributed by atoms with E-state index in [4.69, 9.17) is 11.5 Å². The normalized spacial score (nSPS) is 19.4. The number of carboxylic acid groups (broad SMARTS) is 2. The molecule has 0 spiro atoms. The van der Waals surface area contributed by atoms with Crippen LogP contribution in [0.4, 0.5) is 0 Å². The summed E-state index contributed by atoms with van der Waals surface area (Å²) in [5, 5.41) is 20.8. The third-order valence-corrected chi connectivity index (χ3v) is 4.38. The second-order valence-corrected chi connectivity index (χ2v) is 5.58. The topological polar surface area (TPSA) is 136 Å². The van der Waals surface area contributed by atoms with Crippen LogP contribution in [-0.4, -0.2) is 49.6 Å². The molecule has 0 radical (unpaired) electrons. The predicted octanol–water partition coefficient (Wildman–Crippen LogP) is -2.24. The number of nitrogens with zero attached hydrogens (tertiary/aromatic N) is 1. The first-order chi connectivity index (χ1) is 10.4. The predicted molar refractivity (Wildman–Crippen MR) is 80.2 cm³/mol. The van der Waals surface area contributed by atoms with Crippen molar-refractivity contribution < 1.29 is 40.9 Å². The summed E-state index contributed by atoms with van der Waals surface area (Å²) >= 11 is 0. The maximum atomic E-state index is 10.4. The van der Waals surface area contributed by atoms with Crippen LogP contribution in [0.25, 0.3) is 0 Å². The van der Waals surface area contributed by atoms with E-state index in [2.05, 4.69) is 0 Å². The van der Waals surface area contributed by atoms with Gasteiger partial charge in [0.05, 0.1) is 11.9 Å². The molecule has 0 saturated heterocycles. The molecule has 23 heavy (non-hydrogen) atoms. The van der Waals surface area contributed by atoms with Gasteiger partial charge in [0.1, 0.15) is 0 Å². The Morgan fingerprint density at radius 2 is 1.43 bits per heavy atom. The molecule has 1 rings (SSSR count). The van der Waals surface area contributed by atoms with E-state index in [1.54, 1.807) is 0 Å². The quantitative estimate of drug-likeness (QED) is 0.335. The van der Waals surface area contributed by atoms with Crippen LogP contribution in [0.2, 0.25) is 0 Å². The summed E-state index contributed by atoms with van der Waals surface area (Å²) in [4.78, 5) is 22.7. The van der Waals surface area contributed by atoms with Crippen molar-refractivity contribution >= 4 is 11.9 Å². The molecule has 2 atom stereocenters. The maximum absolute atomic E-state index is 10.4. The SMILES string of the molecule is CCN(CC)CCC(C(=O)[O-])C(=O)[O-].NCC1CCC1CN.[Pt+2]. The van der Waals surface area contributed by atoms with Gasteiger partial charge >= 0.3 is 21.1 Å². The van der Waals surface area contributed by atoms with Gasteiger partial charge in [-0.1, -0.05) is 13.8 Å². The van der Waals surface area contributed by atoms with Crippen LogP contribution < -0.4 is 21.7 Å². The summed E-state index contributed by atoms with van der Waals surface area (Å²) in [7, 11) is 0. The minimum atomic E-state index is -1.57. The van der Waals surface area contributed by atoms with E-state index in [1.165, 1.54) is 12.8 Å². The Bertz CT molecular complexity index is 313. The molecule has 0 heterocycles. The average Bonchev–Trinajstić information content (AvgIpc) is 2.43. The van der Waals surface area contributed by atoms with Crippen molar-refractivity contribution in [1.82, 2.24) is 4.90 Å². The summed E-state index contributed by atoms with van der Waals surface area (Å²) < 4.78 is 0. The van der Waals surface area contributed by atoms with Gasteiger partial charge < -0.3 is 36.2 Å². The van der Waals surface area contributed by atoms with Crippen LogP contribution in [-0.2, 0) is 30.7 Å². The Hall–Kier alpha value is -0.492. The van der Waals surface area contributed by atoms with Gasteiger partial charge in [0, 0.05) is 5.92 Å². The van der Waals surface area contributed by atoms with E-state index in [0.29, 0.717) is 6.54 Å². The number of aliphatic carboxylic acids is 2. The molecule has 0 aromatic heterocycles. The second kappa shape index (κ2) is 13.9. The van der Waals surface area contributed by atoms with Gasteiger partial charge in [0.25, 0.3) is 0 Å². The fraction of sp³-hybridized carbons (Fsp3) is 0.867. The molecule has 1 saturated carbocycles. The first-order valence-electron chi connectivity index (χ1n) is 7.95. The molecule has 1 aliphatic rings. The number of carbonyl (C=O) groups is 2. The molecule has 7 nitrogen and oxygen atoms in total. The van der Waals surface area contributed by atoms with E-state index in [9.17, 15) is 19.8 Å². The minimum absolute atomic E-state index is 0. The zero-order valence-electron chi connectivity index (χ0n) is 13.9. The molecule has 0 aromatic carbocycles. The Balaban J connectivity index is 0. The van der Waals surface area contributed by atoms with Gasteiger partial charge in [-0.3, -0.25) is 0 Å². The molecule has 0 amide bonds. The number of rotatable bonds is 9. The molecule has 4 N–H and O–H groups in total. The molecule has 1 aliphatic carbocycles. The summed E-state index contributed by atoms with van der Waals surface area (Å²) in [6.45, 7) is 7.49. The van der Waals surface area contributed by atoms with Crippen LogP contribution in [0.15, 0.2) is 0 Å². The van der Waals surface area contributed by atoms with E-state index >= 15 is 0 Å². The second-order valence-electron chi connectivity index (χ2n) is 5.58. The third-order valence-electron chi connectivity index (χ3n) is 4.38.